The first kappa shape index (κ1) is 20.9. The summed E-state index contributed by atoms with van der Waals surface area (Å²) in [6.07, 6.45) is 1.17. The molecule has 1 aromatic heterocycles. The molecule has 8 heteroatoms. The zero-order valence-electron chi connectivity index (χ0n) is 15.8. The highest BCUT2D eigenvalue weighted by Crippen LogP contribution is 2.19. The van der Waals surface area contributed by atoms with Crippen LogP contribution in [0.2, 0.25) is 5.02 Å². The van der Waals surface area contributed by atoms with Crippen molar-refractivity contribution < 1.29 is 18.8 Å². The topological polar surface area (TPSA) is 94.3 Å². The van der Waals surface area contributed by atoms with Crippen molar-refractivity contribution in [1.82, 2.24) is 15.5 Å². The smallest absolute Gasteiger partial charge is 0.306 e. The third-order valence-corrected chi connectivity index (χ3v) is 3.89. The Bertz CT molecular complexity index is 783. The maximum atomic E-state index is 11.7. The first-order valence-electron chi connectivity index (χ1n) is 8.74. The summed E-state index contributed by atoms with van der Waals surface area (Å²) in [7, 11) is 0. The van der Waals surface area contributed by atoms with E-state index in [0.29, 0.717) is 36.1 Å². The molecule has 0 saturated carbocycles. The van der Waals surface area contributed by atoms with Crippen molar-refractivity contribution in [3.8, 4) is 0 Å². The zero-order valence-corrected chi connectivity index (χ0v) is 16.5. The Balaban J connectivity index is 1.63. The first-order valence-corrected chi connectivity index (χ1v) is 9.11. The lowest BCUT2D eigenvalue weighted by Crippen LogP contribution is -2.28. The third kappa shape index (κ3) is 7.38. The lowest BCUT2D eigenvalue weighted by atomic mass is 9.96. The van der Waals surface area contributed by atoms with Crippen LogP contribution in [-0.2, 0) is 32.7 Å². The van der Waals surface area contributed by atoms with Crippen molar-refractivity contribution in [2.45, 2.75) is 52.0 Å². The number of nitrogens with zero attached hydrogens (tertiary/aromatic N) is 2. The molecule has 0 aliphatic heterocycles. The number of hydrogen-bond acceptors (Lipinski definition) is 6. The number of esters is 1. The molecule has 0 unspecified atom stereocenters. The summed E-state index contributed by atoms with van der Waals surface area (Å²) in [4.78, 5) is 27.8. The molecule has 146 valence electrons. The predicted octanol–water partition coefficient (Wildman–Crippen LogP) is 3.20. The number of ether oxygens (including phenoxy) is 1. The van der Waals surface area contributed by atoms with Gasteiger partial charge in [-0.2, -0.15) is 4.98 Å². The number of amides is 1. The Morgan fingerprint density at radius 2 is 2.07 bits per heavy atom. The van der Waals surface area contributed by atoms with Crippen molar-refractivity contribution in [3.63, 3.8) is 0 Å². The third-order valence-electron chi connectivity index (χ3n) is 3.65. The normalized spacial score (nSPS) is 11.3. The van der Waals surface area contributed by atoms with Gasteiger partial charge in [-0.05, 0) is 24.1 Å². The van der Waals surface area contributed by atoms with Gasteiger partial charge in [0.1, 0.15) is 0 Å². The number of nitrogens with one attached hydrogen (secondary N) is 1. The molecular formula is C19H24ClN3O4. The van der Waals surface area contributed by atoms with Crippen molar-refractivity contribution >= 4 is 23.5 Å². The Hall–Kier alpha value is -2.41. The number of carbonyl (C=O) groups excluding carboxylic acids is 2. The largest absolute Gasteiger partial charge is 0.456 e. The lowest BCUT2D eigenvalue weighted by molar-refractivity contribution is -0.148. The average molecular weight is 394 g/mol. The summed E-state index contributed by atoms with van der Waals surface area (Å²) in [5.74, 6) is 0.321. The van der Waals surface area contributed by atoms with Crippen molar-refractivity contribution in [2.75, 3.05) is 6.61 Å². The van der Waals surface area contributed by atoms with Crippen molar-refractivity contribution in [3.05, 3.63) is 46.6 Å². The number of benzene rings is 1. The summed E-state index contributed by atoms with van der Waals surface area (Å²) in [5, 5.41) is 7.21. The monoisotopic (exact) mass is 393 g/mol. The van der Waals surface area contributed by atoms with Crippen molar-refractivity contribution in [2.24, 2.45) is 0 Å². The van der Waals surface area contributed by atoms with Gasteiger partial charge in [-0.15, -0.1) is 0 Å². The maximum Gasteiger partial charge on any atom is 0.306 e. The molecule has 1 aromatic carbocycles. The van der Waals surface area contributed by atoms with Crippen LogP contribution in [0.15, 0.2) is 28.8 Å². The van der Waals surface area contributed by atoms with E-state index in [2.05, 4.69) is 15.5 Å². The molecule has 0 atom stereocenters. The fourth-order valence-electron chi connectivity index (χ4n) is 2.16. The molecule has 7 nitrogen and oxygen atoms in total. The summed E-state index contributed by atoms with van der Waals surface area (Å²) in [6, 6.07) is 7.17. The average Bonchev–Trinajstić information content (AvgIpc) is 3.07. The van der Waals surface area contributed by atoms with Crippen LogP contribution in [0, 0.1) is 0 Å². The molecule has 27 heavy (non-hydrogen) atoms. The number of hydrogen-bond donors (Lipinski definition) is 1. The van der Waals surface area contributed by atoms with Gasteiger partial charge in [0, 0.05) is 29.8 Å². The predicted molar refractivity (Wildman–Crippen MR) is 100 cm³/mol. The molecule has 2 aromatic rings. The second kappa shape index (κ2) is 9.50. The van der Waals surface area contributed by atoms with E-state index < -0.39 is 5.97 Å². The van der Waals surface area contributed by atoms with E-state index in [-0.39, 0.29) is 24.3 Å². The van der Waals surface area contributed by atoms with Crippen molar-refractivity contribution in [1.29, 1.82) is 0 Å². The summed E-state index contributed by atoms with van der Waals surface area (Å²) >= 11 is 5.88. The number of aryl methyl sites for hydroxylation is 1. The van der Waals surface area contributed by atoms with Gasteiger partial charge in [0.2, 0.25) is 5.89 Å². The summed E-state index contributed by atoms with van der Waals surface area (Å²) in [5.41, 5.74) is 0.690. The fraction of sp³-hybridized carbons (Fsp3) is 0.474. The highest BCUT2D eigenvalue weighted by molar-refractivity contribution is 6.30. The summed E-state index contributed by atoms with van der Waals surface area (Å²) < 4.78 is 10.1. The van der Waals surface area contributed by atoms with Gasteiger partial charge in [-0.3, -0.25) is 9.59 Å². The molecule has 0 aliphatic carbocycles. The van der Waals surface area contributed by atoms with Crippen LogP contribution in [0.25, 0.3) is 0 Å². The molecule has 2 rings (SSSR count). The molecule has 0 saturated heterocycles. The number of halogens is 1. The Kier molecular flexibility index (Phi) is 7.36. The minimum atomic E-state index is -0.441. The second-order valence-electron chi connectivity index (χ2n) is 7.18. The van der Waals surface area contributed by atoms with Crippen LogP contribution >= 0.6 is 11.6 Å². The fourth-order valence-corrected chi connectivity index (χ4v) is 2.37. The molecule has 1 amide bonds. The standard InChI is InChI=1S/C19H24ClN3O4/c1-19(2,3)18-22-16(27-23-18)8-5-9-17(25)26-12-15(24)21-11-13-6-4-7-14(20)10-13/h4,6-7,10H,5,8-9,11-12H2,1-3H3,(H,21,24). The molecule has 0 bridgehead atoms. The van der Waals surface area contributed by atoms with E-state index in [1.54, 1.807) is 18.2 Å². The molecule has 0 fully saturated rings. The van der Waals surface area contributed by atoms with E-state index in [0.717, 1.165) is 5.56 Å². The van der Waals surface area contributed by atoms with Gasteiger partial charge in [0.15, 0.2) is 12.4 Å². The number of aromatic nitrogens is 2. The van der Waals surface area contributed by atoms with Gasteiger partial charge in [-0.1, -0.05) is 49.7 Å². The quantitative estimate of drug-likeness (QED) is 0.692. The van der Waals surface area contributed by atoms with Gasteiger partial charge >= 0.3 is 5.97 Å². The molecule has 0 radical (unpaired) electrons. The van der Waals surface area contributed by atoms with E-state index in [4.69, 9.17) is 20.9 Å². The Labute approximate surface area is 163 Å². The summed E-state index contributed by atoms with van der Waals surface area (Å²) in [6.45, 7) is 6.00. The molecule has 1 heterocycles. The Morgan fingerprint density at radius 3 is 2.74 bits per heavy atom. The number of carbonyl (C=O) groups is 2. The molecular weight excluding hydrogens is 370 g/mol. The van der Waals surface area contributed by atoms with Crippen LogP contribution < -0.4 is 5.32 Å². The van der Waals surface area contributed by atoms with E-state index in [9.17, 15) is 9.59 Å². The van der Waals surface area contributed by atoms with Gasteiger partial charge in [0.25, 0.3) is 5.91 Å². The first-order chi connectivity index (χ1) is 12.7. The second-order valence-corrected chi connectivity index (χ2v) is 7.62. The van der Waals surface area contributed by atoms with Crippen LogP contribution in [0.1, 0.15) is 50.9 Å². The molecule has 0 aliphatic rings. The molecule has 1 N–H and O–H groups in total. The van der Waals surface area contributed by atoms with E-state index >= 15 is 0 Å². The molecule has 0 spiro atoms. The van der Waals surface area contributed by atoms with Crippen LogP contribution in [0.3, 0.4) is 0 Å². The minimum Gasteiger partial charge on any atom is -0.456 e. The SMILES string of the molecule is CC(C)(C)c1noc(CCCC(=O)OCC(=O)NCc2cccc(Cl)c2)n1. The van der Waals surface area contributed by atoms with Crippen LogP contribution in [0.4, 0.5) is 0 Å². The van der Waals surface area contributed by atoms with Crippen LogP contribution in [-0.4, -0.2) is 28.6 Å². The minimum absolute atomic E-state index is 0.175. The highest BCUT2D eigenvalue weighted by atomic mass is 35.5. The van der Waals surface area contributed by atoms with E-state index in [1.807, 2.05) is 26.8 Å². The van der Waals surface area contributed by atoms with Crippen LogP contribution in [0.5, 0.6) is 0 Å². The Morgan fingerprint density at radius 1 is 1.30 bits per heavy atom. The maximum absolute atomic E-state index is 11.7. The number of rotatable bonds is 8. The van der Waals surface area contributed by atoms with Gasteiger partial charge < -0.3 is 14.6 Å². The van der Waals surface area contributed by atoms with Gasteiger partial charge in [-0.25, -0.2) is 0 Å². The lowest BCUT2D eigenvalue weighted by Gasteiger charge is -2.10. The zero-order chi connectivity index (χ0) is 19.9. The highest BCUT2D eigenvalue weighted by Gasteiger charge is 2.20. The van der Waals surface area contributed by atoms with Gasteiger partial charge in [0.05, 0.1) is 0 Å². The van der Waals surface area contributed by atoms with E-state index in [1.165, 1.54) is 0 Å².